The molecular formula is C27H26N2O3. The van der Waals surface area contributed by atoms with Crippen LogP contribution in [0.2, 0.25) is 0 Å². The molecule has 162 valence electrons. The molecule has 0 saturated heterocycles. The largest absolute Gasteiger partial charge is 0.497 e. The molecule has 0 bridgehead atoms. The molecule has 5 nitrogen and oxygen atoms in total. The predicted octanol–water partition coefficient (Wildman–Crippen LogP) is 5.56. The van der Waals surface area contributed by atoms with E-state index in [0.29, 0.717) is 11.3 Å². The number of para-hydroxylation sites is 1. The third-order valence-electron chi connectivity index (χ3n) is 5.74. The number of aromatic nitrogens is 1. The van der Waals surface area contributed by atoms with Gasteiger partial charge in [0.2, 0.25) is 0 Å². The van der Waals surface area contributed by atoms with Gasteiger partial charge in [0, 0.05) is 23.0 Å². The minimum atomic E-state index is -0.640. The smallest absolute Gasteiger partial charge is 0.298 e. The molecule has 0 unspecified atom stereocenters. The van der Waals surface area contributed by atoms with Crippen LogP contribution in [-0.4, -0.2) is 23.2 Å². The highest BCUT2D eigenvalue weighted by atomic mass is 16.5. The van der Waals surface area contributed by atoms with E-state index in [1.54, 1.807) is 17.7 Å². The Morgan fingerprint density at radius 3 is 2.22 bits per heavy atom. The Bertz CT molecular complexity index is 1260. The molecule has 0 saturated carbocycles. The average Bonchev–Trinajstić information content (AvgIpc) is 3.23. The van der Waals surface area contributed by atoms with E-state index in [9.17, 15) is 9.59 Å². The molecule has 4 rings (SSSR count). The van der Waals surface area contributed by atoms with Crippen LogP contribution in [0.5, 0.6) is 5.75 Å². The maximum Gasteiger partial charge on any atom is 0.298 e. The van der Waals surface area contributed by atoms with E-state index in [1.807, 2.05) is 80.6 Å². The molecule has 32 heavy (non-hydrogen) atoms. The maximum absolute atomic E-state index is 13.5. The monoisotopic (exact) mass is 426 g/mol. The molecule has 4 aromatic rings. The Kier molecular flexibility index (Phi) is 6.08. The number of hydrogen-bond donors (Lipinski definition) is 1. The van der Waals surface area contributed by atoms with Crippen molar-refractivity contribution in [3.8, 4) is 16.9 Å². The summed E-state index contributed by atoms with van der Waals surface area (Å²) in [5.41, 5.74) is 5.50. The van der Waals surface area contributed by atoms with E-state index in [4.69, 9.17) is 4.74 Å². The SMILES string of the molecule is CCc1cccc(CC)c1NC(=O)C(=O)c1c(-c2ccc(OC)cc2)cc2ccccn12. The van der Waals surface area contributed by atoms with Gasteiger partial charge in [-0.1, -0.05) is 50.2 Å². The Morgan fingerprint density at radius 1 is 0.906 bits per heavy atom. The number of hydrogen-bond acceptors (Lipinski definition) is 3. The summed E-state index contributed by atoms with van der Waals surface area (Å²) in [5.74, 6) is -0.486. The molecule has 0 aliphatic carbocycles. The molecule has 0 aliphatic heterocycles. The first kappa shape index (κ1) is 21.4. The van der Waals surface area contributed by atoms with Gasteiger partial charge in [-0.15, -0.1) is 0 Å². The molecule has 0 aliphatic rings. The Balaban J connectivity index is 1.77. The summed E-state index contributed by atoms with van der Waals surface area (Å²) in [5, 5.41) is 2.91. The van der Waals surface area contributed by atoms with Crippen molar-refractivity contribution in [1.82, 2.24) is 4.40 Å². The zero-order valence-corrected chi connectivity index (χ0v) is 18.5. The Labute approximate surface area is 187 Å². The summed E-state index contributed by atoms with van der Waals surface area (Å²) < 4.78 is 7.03. The third kappa shape index (κ3) is 3.89. The van der Waals surface area contributed by atoms with Gasteiger partial charge in [0.1, 0.15) is 11.4 Å². The zero-order chi connectivity index (χ0) is 22.7. The predicted molar refractivity (Wildman–Crippen MR) is 128 cm³/mol. The lowest BCUT2D eigenvalue weighted by molar-refractivity contribution is -0.112. The molecule has 0 radical (unpaired) electrons. The second-order valence-electron chi connectivity index (χ2n) is 7.57. The number of ketones is 1. The number of Topliss-reactive ketones (excluding diaryl/α,β-unsaturated/α-hetero) is 1. The molecule has 5 heteroatoms. The van der Waals surface area contributed by atoms with Crippen LogP contribution in [0, 0.1) is 0 Å². The number of anilines is 1. The number of nitrogens with zero attached hydrogens (tertiary/aromatic N) is 1. The molecule has 0 fully saturated rings. The minimum absolute atomic E-state index is 0.343. The fourth-order valence-corrected chi connectivity index (χ4v) is 4.03. The van der Waals surface area contributed by atoms with Crippen molar-refractivity contribution in [1.29, 1.82) is 0 Å². The second kappa shape index (κ2) is 9.10. The number of pyridine rings is 1. The van der Waals surface area contributed by atoms with Crippen LogP contribution < -0.4 is 10.1 Å². The van der Waals surface area contributed by atoms with Crippen molar-refractivity contribution in [2.45, 2.75) is 26.7 Å². The van der Waals surface area contributed by atoms with Gasteiger partial charge < -0.3 is 14.5 Å². The van der Waals surface area contributed by atoms with Crippen LogP contribution in [0.1, 0.15) is 35.5 Å². The number of rotatable bonds is 7. The van der Waals surface area contributed by atoms with Gasteiger partial charge in [-0.3, -0.25) is 9.59 Å². The van der Waals surface area contributed by atoms with Gasteiger partial charge >= 0.3 is 0 Å². The van der Waals surface area contributed by atoms with E-state index < -0.39 is 11.7 Å². The molecule has 2 aromatic heterocycles. The van der Waals surface area contributed by atoms with Crippen molar-refractivity contribution in [2.24, 2.45) is 0 Å². The van der Waals surface area contributed by atoms with Crippen LogP contribution in [0.3, 0.4) is 0 Å². The van der Waals surface area contributed by atoms with Crippen molar-refractivity contribution in [2.75, 3.05) is 12.4 Å². The van der Waals surface area contributed by atoms with Gasteiger partial charge in [-0.25, -0.2) is 0 Å². The summed E-state index contributed by atoms with van der Waals surface area (Å²) in [6.45, 7) is 4.07. The van der Waals surface area contributed by atoms with Gasteiger partial charge in [0.25, 0.3) is 11.7 Å². The standard InChI is InChI=1S/C27H26N2O3/c1-4-18-9-8-10-19(5-2)24(18)28-27(31)26(30)25-23(17-21-11-6-7-16-29(21)25)20-12-14-22(32-3)15-13-20/h6-17H,4-5H2,1-3H3,(H,28,31). The van der Waals surface area contributed by atoms with Crippen LogP contribution >= 0.6 is 0 Å². The lowest BCUT2D eigenvalue weighted by Crippen LogP contribution is -2.25. The first-order valence-corrected chi connectivity index (χ1v) is 10.8. The summed E-state index contributed by atoms with van der Waals surface area (Å²) >= 11 is 0. The van der Waals surface area contributed by atoms with Crippen molar-refractivity contribution >= 4 is 22.9 Å². The molecule has 1 N–H and O–H groups in total. The molecule has 0 atom stereocenters. The van der Waals surface area contributed by atoms with E-state index in [1.165, 1.54) is 0 Å². The molecular weight excluding hydrogens is 400 g/mol. The average molecular weight is 427 g/mol. The van der Waals surface area contributed by atoms with Crippen molar-refractivity contribution in [3.63, 3.8) is 0 Å². The minimum Gasteiger partial charge on any atom is -0.497 e. The number of amides is 1. The molecule has 2 heterocycles. The molecule has 2 aromatic carbocycles. The van der Waals surface area contributed by atoms with Crippen LogP contribution in [0.15, 0.2) is 72.9 Å². The lowest BCUT2D eigenvalue weighted by Gasteiger charge is -2.14. The van der Waals surface area contributed by atoms with Gasteiger partial charge in [-0.2, -0.15) is 0 Å². The number of nitrogens with one attached hydrogen (secondary N) is 1. The number of benzene rings is 2. The van der Waals surface area contributed by atoms with E-state index in [2.05, 4.69) is 5.32 Å². The number of aryl methyl sites for hydroxylation is 2. The van der Waals surface area contributed by atoms with E-state index in [-0.39, 0.29) is 0 Å². The topological polar surface area (TPSA) is 59.8 Å². The van der Waals surface area contributed by atoms with Crippen LogP contribution in [-0.2, 0) is 17.6 Å². The first-order chi connectivity index (χ1) is 15.6. The van der Waals surface area contributed by atoms with Crippen molar-refractivity contribution in [3.05, 3.63) is 89.7 Å². The lowest BCUT2D eigenvalue weighted by atomic mass is 10.0. The highest BCUT2D eigenvalue weighted by Gasteiger charge is 2.25. The van der Waals surface area contributed by atoms with E-state index in [0.717, 1.165) is 46.5 Å². The molecule has 1 amide bonds. The second-order valence-corrected chi connectivity index (χ2v) is 7.57. The number of ether oxygens (including phenoxy) is 1. The zero-order valence-electron chi connectivity index (χ0n) is 18.5. The quantitative estimate of drug-likeness (QED) is 0.311. The first-order valence-electron chi connectivity index (χ1n) is 10.8. The van der Waals surface area contributed by atoms with Gasteiger partial charge in [-0.05, 0) is 59.9 Å². The maximum atomic E-state index is 13.5. The fourth-order valence-electron chi connectivity index (χ4n) is 4.03. The van der Waals surface area contributed by atoms with E-state index >= 15 is 0 Å². The fraction of sp³-hybridized carbons (Fsp3) is 0.185. The number of carbonyl (C=O) groups excluding carboxylic acids is 2. The summed E-state index contributed by atoms with van der Waals surface area (Å²) in [6.07, 6.45) is 3.34. The summed E-state index contributed by atoms with van der Waals surface area (Å²) in [4.78, 5) is 26.7. The highest BCUT2D eigenvalue weighted by Crippen LogP contribution is 2.30. The van der Waals surface area contributed by atoms with Crippen molar-refractivity contribution < 1.29 is 14.3 Å². The van der Waals surface area contributed by atoms with Crippen LogP contribution in [0.4, 0.5) is 5.69 Å². The number of methoxy groups -OCH3 is 1. The third-order valence-corrected chi connectivity index (χ3v) is 5.74. The van der Waals surface area contributed by atoms with Gasteiger partial charge in [0.05, 0.1) is 7.11 Å². The summed E-state index contributed by atoms with van der Waals surface area (Å²) in [6, 6.07) is 21.0. The summed E-state index contributed by atoms with van der Waals surface area (Å²) in [7, 11) is 1.61. The van der Waals surface area contributed by atoms with Crippen LogP contribution in [0.25, 0.3) is 16.6 Å². The van der Waals surface area contributed by atoms with Gasteiger partial charge in [0.15, 0.2) is 0 Å². The Hall–Kier alpha value is -3.86. The Morgan fingerprint density at radius 2 is 1.59 bits per heavy atom. The number of carbonyl (C=O) groups is 2. The molecule has 0 spiro atoms. The normalized spacial score (nSPS) is 10.8. The highest BCUT2D eigenvalue weighted by molar-refractivity contribution is 6.47. The number of fused-ring (bicyclic) bond motifs is 1.